The normalized spacial score (nSPS) is 21.5. The van der Waals surface area contributed by atoms with E-state index in [-0.39, 0.29) is 18.1 Å². The molecule has 1 fully saturated rings. The summed E-state index contributed by atoms with van der Waals surface area (Å²) in [6, 6.07) is 0.0743. The summed E-state index contributed by atoms with van der Waals surface area (Å²) in [5, 5.41) is 12.5. The number of aliphatic hydroxyl groups is 1. The fourth-order valence-electron chi connectivity index (χ4n) is 3.01. The van der Waals surface area contributed by atoms with Crippen LogP contribution in [0.15, 0.2) is 0 Å². The van der Waals surface area contributed by atoms with E-state index in [0.717, 1.165) is 12.8 Å². The van der Waals surface area contributed by atoms with E-state index in [4.69, 9.17) is 4.74 Å². The Morgan fingerprint density at radius 1 is 1.32 bits per heavy atom. The molecule has 6 nitrogen and oxygen atoms in total. The summed E-state index contributed by atoms with van der Waals surface area (Å²) in [7, 11) is 1.33. The Balaban J connectivity index is 2.16. The first-order valence-electron chi connectivity index (χ1n) is 7.76. The van der Waals surface area contributed by atoms with Gasteiger partial charge in [0.1, 0.15) is 5.69 Å². The highest BCUT2D eigenvalue weighted by atomic mass is 16.5. The molecule has 0 spiro atoms. The number of H-pyrrole nitrogens is 1. The lowest BCUT2D eigenvalue weighted by Gasteiger charge is -2.26. The molecule has 1 aliphatic carbocycles. The number of amides is 1. The van der Waals surface area contributed by atoms with E-state index in [1.807, 2.05) is 6.92 Å². The predicted molar refractivity (Wildman–Crippen MR) is 82.0 cm³/mol. The predicted octanol–water partition coefficient (Wildman–Crippen LogP) is 1.71. The first-order chi connectivity index (χ1) is 10.5. The van der Waals surface area contributed by atoms with Crippen molar-refractivity contribution in [2.45, 2.75) is 58.1 Å². The highest BCUT2D eigenvalue weighted by molar-refractivity contribution is 6.00. The van der Waals surface area contributed by atoms with Crippen LogP contribution >= 0.6 is 0 Å². The van der Waals surface area contributed by atoms with Gasteiger partial charge in [-0.2, -0.15) is 0 Å². The summed E-state index contributed by atoms with van der Waals surface area (Å²) in [4.78, 5) is 27.4. The van der Waals surface area contributed by atoms with Crippen LogP contribution in [0.3, 0.4) is 0 Å². The van der Waals surface area contributed by atoms with E-state index in [0.29, 0.717) is 41.8 Å². The first-order valence-corrected chi connectivity index (χ1v) is 7.76. The van der Waals surface area contributed by atoms with Crippen molar-refractivity contribution in [2.24, 2.45) is 0 Å². The molecule has 1 amide bonds. The molecule has 0 aliphatic heterocycles. The summed E-state index contributed by atoms with van der Waals surface area (Å²) in [5.74, 6) is -0.630. The maximum Gasteiger partial charge on any atom is 0.339 e. The third-order valence-corrected chi connectivity index (χ3v) is 4.33. The van der Waals surface area contributed by atoms with Gasteiger partial charge in [-0.15, -0.1) is 0 Å². The van der Waals surface area contributed by atoms with Crippen LogP contribution in [-0.2, 0) is 11.2 Å². The molecule has 122 valence electrons. The van der Waals surface area contributed by atoms with Crippen LogP contribution < -0.4 is 5.32 Å². The lowest BCUT2D eigenvalue weighted by Crippen LogP contribution is -2.39. The van der Waals surface area contributed by atoms with Crippen molar-refractivity contribution in [1.29, 1.82) is 0 Å². The molecule has 1 aliphatic rings. The zero-order valence-corrected chi connectivity index (χ0v) is 13.4. The van der Waals surface area contributed by atoms with Crippen molar-refractivity contribution < 1.29 is 19.4 Å². The van der Waals surface area contributed by atoms with E-state index < -0.39 is 5.97 Å². The van der Waals surface area contributed by atoms with Crippen LogP contribution in [0.25, 0.3) is 0 Å². The summed E-state index contributed by atoms with van der Waals surface area (Å²) < 4.78 is 4.80. The second kappa shape index (κ2) is 6.96. The Morgan fingerprint density at radius 3 is 2.50 bits per heavy atom. The molecule has 0 aromatic carbocycles. The van der Waals surface area contributed by atoms with Gasteiger partial charge >= 0.3 is 5.97 Å². The van der Waals surface area contributed by atoms with Crippen LogP contribution in [0.5, 0.6) is 0 Å². The van der Waals surface area contributed by atoms with Crippen LogP contribution in [-0.4, -0.2) is 41.2 Å². The van der Waals surface area contributed by atoms with Gasteiger partial charge in [0.25, 0.3) is 5.91 Å². The zero-order valence-electron chi connectivity index (χ0n) is 13.4. The number of aryl methyl sites for hydroxylation is 1. The smallest absolute Gasteiger partial charge is 0.339 e. The van der Waals surface area contributed by atoms with Gasteiger partial charge < -0.3 is 20.1 Å². The van der Waals surface area contributed by atoms with E-state index >= 15 is 0 Å². The van der Waals surface area contributed by atoms with Gasteiger partial charge in [-0.05, 0) is 44.6 Å². The highest BCUT2D eigenvalue weighted by Crippen LogP contribution is 2.22. The molecule has 1 aromatic heterocycles. The second-order valence-electron chi connectivity index (χ2n) is 5.80. The van der Waals surface area contributed by atoms with Gasteiger partial charge in [0.05, 0.1) is 18.8 Å². The molecule has 0 unspecified atom stereocenters. The molecule has 1 saturated carbocycles. The molecule has 0 atom stereocenters. The minimum atomic E-state index is -0.426. The quantitative estimate of drug-likeness (QED) is 0.738. The van der Waals surface area contributed by atoms with E-state index in [2.05, 4.69) is 10.3 Å². The molecule has 1 aromatic rings. The molecule has 3 N–H and O–H groups in total. The van der Waals surface area contributed by atoms with Crippen LogP contribution in [0.4, 0.5) is 0 Å². The van der Waals surface area contributed by atoms with Gasteiger partial charge in [-0.25, -0.2) is 4.79 Å². The van der Waals surface area contributed by atoms with Crippen molar-refractivity contribution in [3.8, 4) is 0 Å². The van der Waals surface area contributed by atoms with Crippen molar-refractivity contribution in [3.63, 3.8) is 0 Å². The highest BCUT2D eigenvalue weighted by Gasteiger charge is 2.26. The van der Waals surface area contributed by atoms with Crippen molar-refractivity contribution >= 4 is 11.9 Å². The van der Waals surface area contributed by atoms with Gasteiger partial charge in [-0.1, -0.05) is 6.92 Å². The first kappa shape index (κ1) is 16.5. The summed E-state index contributed by atoms with van der Waals surface area (Å²) in [6.07, 6.45) is 3.34. The van der Waals surface area contributed by atoms with E-state index in [1.165, 1.54) is 7.11 Å². The number of carbonyl (C=O) groups excluding carboxylic acids is 2. The third-order valence-electron chi connectivity index (χ3n) is 4.33. The summed E-state index contributed by atoms with van der Waals surface area (Å²) in [6.45, 7) is 3.67. The van der Waals surface area contributed by atoms with Gasteiger partial charge in [-0.3, -0.25) is 4.79 Å². The van der Waals surface area contributed by atoms with E-state index in [9.17, 15) is 14.7 Å². The average Bonchev–Trinajstić information content (AvgIpc) is 2.85. The number of hydrogen-bond acceptors (Lipinski definition) is 4. The molecular weight excluding hydrogens is 284 g/mol. The minimum absolute atomic E-state index is 0.0743. The maximum atomic E-state index is 12.5. The summed E-state index contributed by atoms with van der Waals surface area (Å²) >= 11 is 0. The Hall–Kier alpha value is -1.82. The molecule has 6 heteroatoms. The fourth-order valence-corrected chi connectivity index (χ4v) is 3.01. The number of hydrogen-bond donors (Lipinski definition) is 3. The molecule has 0 saturated heterocycles. The van der Waals surface area contributed by atoms with E-state index in [1.54, 1.807) is 6.92 Å². The van der Waals surface area contributed by atoms with Crippen molar-refractivity contribution in [1.82, 2.24) is 10.3 Å². The minimum Gasteiger partial charge on any atom is -0.465 e. The van der Waals surface area contributed by atoms with Crippen LogP contribution in [0.1, 0.15) is 64.7 Å². The molecule has 0 radical (unpaired) electrons. The van der Waals surface area contributed by atoms with Gasteiger partial charge in [0.15, 0.2) is 0 Å². The Labute approximate surface area is 130 Å². The maximum absolute atomic E-state index is 12.5. The standard InChI is InChI=1S/C16H24N2O4/c1-4-12-13(16(21)22-3)9(2)14(18-12)15(20)17-10-5-7-11(19)8-6-10/h10-11,18-19H,4-8H2,1-3H3,(H,17,20). The largest absolute Gasteiger partial charge is 0.465 e. The number of methoxy groups -OCH3 is 1. The van der Waals surface area contributed by atoms with Crippen LogP contribution in [0.2, 0.25) is 0 Å². The second-order valence-corrected chi connectivity index (χ2v) is 5.80. The Morgan fingerprint density at radius 2 is 1.95 bits per heavy atom. The molecule has 2 rings (SSSR count). The van der Waals surface area contributed by atoms with Crippen LogP contribution in [0, 0.1) is 6.92 Å². The van der Waals surface area contributed by atoms with Gasteiger partial charge in [0.2, 0.25) is 0 Å². The monoisotopic (exact) mass is 308 g/mol. The lowest BCUT2D eigenvalue weighted by atomic mass is 9.93. The number of aliphatic hydroxyl groups excluding tert-OH is 1. The van der Waals surface area contributed by atoms with Crippen molar-refractivity contribution in [3.05, 3.63) is 22.5 Å². The number of carbonyl (C=O) groups is 2. The number of ether oxygens (including phenoxy) is 1. The number of nitrogens with one attached hydrogen (secondary N) is 2. The number of aromatic amines is 1. The number of aromatic nitrogens is 1. The SMILES string of the molecule is CCc1[nH]c(C(=O)NC2CCC(O)CC2)c(C)c1C(=O)OC. The molecule has 22 heavy (non-hydrogen) atoms. The molecular formula is C16H24N2O4. The topological polar surface area (TPSA) is 91.4 Å². The molecule has 0 bridgehead atoms. The lowest BCUT2D eigenvalue weighted by molar-refractivity contribution is 0.0599. The number of rotatable bonds is 4. The number of esters is 1. The zero-order chi connectivity index (χ0) is 16.3. The van der Waals surface area contributed by atoms with Gasteiger partial charge in [0, 0.05) is 11.7 Å². The fraction of sp³-hybridized carbons (Fsp3) is 0.625. The Bertz CT molecular complexity index is 557. The Kier molecular flexibility index (Phi) is 5.24. The summed E-state index contributed by atoms with van der Waals surface area (Å²) in [5.41, 5.74) is 2.21. The average molecular weight is 308 g/mol. The molecule has 1 heterocycles. The van der Waals surface area contributed by atoms with Crippen molar-refractivity contribution in [2.75, 3.05) is 7.11 Å². The third kappa shape index (κ3) is 3.32.